The Labute approximate surface area is 127 Å². The molecule has 0 aliphatic rings. The minimum Gasteiger partial charge on any atom is -0.271 e. The number of rotatable bonds is 6. The highest BCUT2D eigenvalue weighted by atomic mass is 79.9. The summed E-state index contributed by atoms with van der Waals surface area (Å²) >= 11 is 3.38. The van der Waals surface area contributed by atoms with Crippen molar-refractivity contribution in [2.24, 2.45) is 5.84 Å². The van der Waals surface area contributed by atoms with Crippen LogP contribution >= 0.6 is 15.9 Å². The zero-order valence-corrected chi connectivity index (χ0v) is 13.3. The molecule has 3 N–H and O–H groups in total. The third kappa shape index (κ3) is 3.65. The molecule has 0 fully saturated rings. The van der Waals surface area contributed by atoms with Crippen LogP contribution in [0.15, 0.2) is 35.1 Å². The molecular formula is C14H20BrN5. The van der Waals surface area contributed by atoms with Gasteiger partial charge in [-0.25, -0.2) is 0 Å². The maximum absolute atomic E-state index is 5.65. The summed E-state index contributed by atoms with van der Waals surface area (Å²) in [4.78, 5) is 4.38. The van der Waals surface area contributed by atoms with Gasteiger partial charge in [0.05, 0.1) is 17.4 Å². The second kappa shape index (κ2) is 6.97. The lowest BCUT2D eigenvalue weighted by Gasteiger charge is -2.14. The summed E-state index contributed by atoms with van der Waals surface area (Å²) in [7, 11) is 0. The van der Waals surface area contributed by atoms with Gasteiger partial charge in [-0.1, -0.05) is 6.92 Å². The second-order valence-electron chi connectivity index (χ2n) is 4.87. The van der Waals surface area contributed by atoms with Gasteiger partial charge >= 0.3 is 0 Å². The fourth-order valence-corrected chi connectivity index (χ4v) is 2.20. The summed E-state index contributed by atoms with van der Waals surface area (Å²) < 4.78 is 2.95. The van der Waals surface area contributed by atoms with Crippen LogP contribution in [0.25, 0.3) is 0 Å². The number of aromatic nitrogens is 3. The monoisotopic (exact) mass is 337 g/mol. The maximum Gasteiger partial charge on any atom is 0.0688 e. The smallest absolute Gasteiger partial charge is 0.0688 e. The highest BCUT2D eigenvalue weighted by Crippen LogP contribution is 2.18. The molecule has 0 aliphatic carbocycles. The summed E-state index contributed by atoms with van der Waals surface area (Å²) in [5, 5.41) is 4.60. The zero-order valence-electron chi connectivity index (χ0n) is 11.8. The van der Waals surface area contributed by atoms with E-state index in [0.717, 1.165) is 22.3 Å². The van der Waals surface area contributed by atoms with Crippen LogP contribution in [0.5, 0.6) is 0 Å². The summed E-state index contributed by atoms with van der Waals surface area (Å²) in [5.41, 5.74) is 4.73. The van der Waals surface area contributed by atoms with Crippen molar-refractivity contribution in [3.05, 3.63) is 46.5 Å². The molecule has 2 rings (SSSR count). The summed E-state index contributed by atoms with van der Waals surface area (Å²) in [6.45, 7) is 4.31. The Balaban J connectivity index is 2.10. The lowest BCUT2D eigenvalue weighted by Crippen LogP contribution is -2.30. The van der Waals surface area contributed by atoms with Gasteiger partial charge in [-0.3, -0.25) is 20.9 Å². The molecule has 0 radical (unpaired) electrons. The molecule has 0 aromatic carbocycles. The first-order valence-corrected chi connectivity index (χ1v) is 7.55. The van der Waals surface area contributed by atoms with E-state index in [2.05, 4.69) is 45.3 Å². The number of nitrogens with two attached hydrogens (primary N) is 1. The van der Waals surface area contributed by atoms with Crippen molar-refractivity contribution >= 4 is 15.9 Å². The summed E-state index contributed by atoms with van der Waals surface area (Å²) in [6, 6.07) is 6.34. The molecule has 2 aromatic heterocycles. The van der Waals surface area contributed by atoms with Gasteiger partial charge in [0.2, 0.25) is 0 Å². The molecule has 108 valence electrons. The Morgan fingerprint density at radius 1 is 1.40 bits per heavy atom. The van der Waals surface area contributed by atoms with E-state index in [1.165, 1.54) is 0 Å². The van der Waals surface area contributed by atoms with Crippen molar-refractivity contribution in [3.8, 4) is 0 Å². The summed E-state index contributed by atoms with van der Waals surface area (Å²) in [6.07, 6.45) is 5.58. The number of pyridine rings is 1. The molecule has 0 spiro atoms. The minimum atomic E-state index is -0.0385. The minimum absolute atomic E-state index is 0.0385. The molecule has 0 saturated heterocycles. The molecule has 0 aliphatic heterocycles. The molecule has 6 heteroatoms. The van der Waals surface area contributed by atoms with Crippen LogP contribution in [0, 0.1) is 0 Å². The molecule has 2 heterocycles. The first-order valence-electron chi connectivity index (χ1n) is 6.75. The van der Waals surface area contributed by atoms with E-state index in [4.69, 9.17) is 5.84 Å². The molecule has 2 atom stereocenters. The normalized spacial score (nSPS) is 14.2. The molecule has 5 nitrogen and oxygen atoms in total. The third-order valence-corrected chi connectivity index (χ3v) is 3.90. The van der Waals surface area contributed by atoms with Gasteiger partial charge in [0.15, 0.2) is 0 Å². The zero-order chi connectivity index (χ0) is 14.5. The average Bonchev–Trinajstić information content (AvgIpc) is 2.93. The third-order valence-electron chi connectivity index (χ3n) is 3.43. The highest BCUT2D eigenvalue weighted by Gasteiger charge is 2.14. The van der Waals surface area contributed by atoms with E-state index in [1.54, 1.807) is 6.20 Å². The largest absolute Gasteiger partial charge is 0.271 e. The Bertz CT molecular complexity index is 537. The maximum atomic E-state index is 5.65. The fourth-order valence-electron chi connectivity index (χ4n) is 1.97. The van der Waals surface area contributed by atoms with Gasteiger partial charge in [0, 0.05) is 29.3 Å². The van der Waals surface area contributed by atoms with Crippen LogP contribution in [-0.2, 0) is 6.42 Å². The predicted octanol–water partition coefficient (Wildman–Crippen LogP) is 2.76. The molecule has 0 bridgehead atoms. The highest BCUT2D eigenvalue weighted by molar-refractivity contribution is 9.10. The Morgan fingerprint density at radius 3 is 2.80 bits per heavy atom. The number of halogens is 1. The Morgan fingerprint density at radius 2 is 2.20 bits per heavy atom. The molecule has 0 saturated carbocycles. The first kappa shape index (κ1) is 15.2. The Hall–Kier alpha value is -1.24. The van der Waals surface area contributed by atoms with Gasteiger partial charge in [-0.05, 0) is 47.5 Å². The second-order valence-corrected chi connectivity index (χ2v) is 5.78. The van der Waals surface area contributed by atoms with Gasteiger partial charge < -0.3 is 0 Å². The SMILES string of the molecule is CCC(C)n1ccc(CC(NN)c2ccc(Br)cn2)n1. The molecular weight excluding hydrogens is 318 g/mol. The van der Waals surface area contributed by atoms with Crippen LogP contribution < -0.4 is 11.3 Å². The first-order chi connectivity index (χ1) is 9.63. The van der Waals surface area contributed by atoms with E-state index < -0.39 is 0 Å². The number of nitrogens with zero attached hydrogens (tertiary/aromatic N) is 3. The topological polar surface area (TPSA) is 68.8 Å². The summed E-state index contributed by atoms with van der Waals surface area (Å²) in [5.74, 6) is 5.65. The quantitative estimate of drug-likeness (QED) is 0.628. The van der Waals surface area contributed by atoms with E-state index in [0.29, 0.717) is 12.5 Å². The number of hydrogen-bond donors (Lipinski definition) is 2. The molecule has 2 unspecified atom stereocenters. The molecule has 0 amide bonds. The van der Waals surface area contributed by atoms with E-state index in [9.17, 15) is 0 Å². The van der Waals surface area contributed by atoms with Gasteiger partial charge in [0.25, 0.3) is 0 Å². The number of nitrogens with one attached hydrogen (secondary N) is 1. The molecule has 20 heavy (non-hydrogen) atoms. The van der Waals surface area contributed by atoms with E-state index in [1.807, 2.05) is 29.1 Å². The average molecular weight is 338 g/mol. The van der Waals surface area contributed by atoms with Crippen LogP contribution in [0.2, 0.25) is 0 Å². The van der Waals surface area contributed by atoms with Crippen LogP contribution in [0.1, 0.15) is 43.7 Å². The van der Waals surface area contributed by atoms with Gasteiger partial charge in [-0.15, -0.1) is 0 Å². The predicted molar refractivity (Wildman–Crippen MR) is 82.9 cm³/mol. The van der Waals surface area contributed by atoms with Crippen molar-refractivity contribution < 1.29 is 0 Å². The van der Waals surface area contributed by atoms with Crippen molar-refractivity contribution in [2.45, 2.75) is 38.8 Å². The van der Waals surface area contributed by atoms with Crippen LogP contribution in [-0.4, -0.2) is 14.8 Å². The Kier molecular flexibility index (Phi) is 5.28. The van der Waals surface area contributed by atoms with Crippen molar-refractivity contribution in [1.29, 1.82) is 0 Å². The van der Waals surface area contributed by atoms with Crippen LogP contribution in [0.4, 0.5) is 0 Å². The van der Waals surface area contributed by atoms with Gasteiger partial charge in [0.1, 0.15) is 0 Å². The van der Waals surface area contributed by atoms with E-state index >= 15 is 0 Å². The molecule has 2 aromatic rings. The fraction of sp³-hybridized carbons (Fsp3) is 0.429. The van der Waals surface area contributed by atoms with Gasteiger partial charge in [-0.2, -0.15) is 5.10 Å². The van der Waals surface area contributed by atoms with Crippen molar-refractivity contribution in [1.82, 2.24) is 20.2 Å². The number of hydrazine groups is 1. The lowest BCUT2D eigenvalue weighted by molar-refractivity contribution is 0.465. The number of hydrogen-bond acceptors (Lipinski definition) is 4. The van der Waals surface area contributed by atoms with Crippen molar-refractivity contribution in [2.75, 3.05) is 0 Å². The van der Waals surface area contributed by atoms with Crippen molar-refractivity contribution in [3.63, 3.8) is 0 Å². The lowest BCUT2D eigenvalue weighted by atomic mass is 10.1. The standard InChI is InChI=1S/C14H20BrN5/c1-3-10(2)20-7-6-12(19-20)8-14(18-16)13-5-4-11(15)9-17-13/h4-7,9-10,14,18H,3,8,16H2,1-2H3. The van der Waals surface area contributed by atoms with E-state index in [-0.39, 0.29) is 6.04 Å². The van der Waals surface area contributed by atoms with Crippen LogP contribution in [0.3, 0.4) is 0 Å².